The molecule has 0 saturated heterocycles. The SMILES string of the molecule is COc1cccc(/C=C2\Oc3c(ccc(OC(=O)c4ccc(F)cc4)c3C)C2=O)c1OC. The Bertz CT molecular complexity index is 1240. The smallest absolute Gasteiger partial charge is 0.343 e. The quantitative estimate of drug-likeness (QED) is 0.320. The molecule has 3 aromatic rings. The Labute approximate surface area is 183 Å². The van der Waals surface area contributed by atoms with Crippen LogP contribution in [0.4, 0.5) is 4.39 Å². The second-order valence-corrected chi connectivity index (χ2v) is 6.98. The highest BCUT2D eigenvalue weighted by Gasteiger charge is 2.31. The minimum Gasteiger partial charge on any atom is -0.493 e. The van der Waals surface area contributed by atoms with Crippen molar-refractivity contribution in [3.8, 4) is 23.0 Å². The summed E-state index contributed by atoms with van der Waals surface area (Å²) < 4.78 is 35.1. The first-order valence-corrected chi connectivity index (χ1v) is 9.69. The van der Waals surface area contributed by atoms with E-state index in [0.717, 1.165) is 0 Å². The number of hydrogen-bond donors (Lipinski definition) is 0. The first kappa shape index (κ1) is 21.1. The number of Topliss-reactive ketones (excluding diaryl/α,β-unsaturated/α-hetero) is 1. The van der Waals surface area contributed by atoms with Crippen molar-refractivity contribution in [2.45, 2.75) is 6.92 Å². The van der Waals surface area contributed by atoms with Gasteiger partial charge in [-0.05, 0) is 55.5 Å². The summed E-state index contributed by atoms with van der Waals surface area (Å²) in [7, 11) is 3.04. The fraction of sp³-hybridized carbons (Fsp3) is 0.120. The number of para-hydroxylation sites is 1. The summed E-state index contributed by atoms with van der Waals surface area (Å²) >= 11 is 0. The molecule has 162 valence electrons. The molecule has 0 N–H and O–H groups in total. The summed E-state index contributed by atoms with van der Waals surface area (Å²) in [5.41, 5.74) is 1.67. The standard InChI is InChI=1S/C25H19FO6/c1-14-19(32-25(28)15-7-9-17(26)10-8-15)12-11-18-22(27)21(31-23(14)18)13-16-5-4-6-20(29-2)24(16)30-3/h4-13H,1-3H3/b21-13-. The maximum Gasteiger partial charge on any atom is 0.343 e. The number of ketones is 1. The number of methoxy groups -OCH3 is 2. The zero-order chi connectivity index (χ0) is 22.8. The zero-order valence-corrected chi connectivity index (χ0v) is 17.6. The first-order valence-electron chi connectivity index (χ1n) is 9.69. The van der Waals surface area contributed by atoms with Crippen LogP contribution in [0.5, 0.6) is 23.0 Å². The van der Waals surface area contributed by atoms with E-state index in [2.05, 4.69) is 0 Å². The lowest BCUT2D eigenvalue weighted by Crippen LogP contribution is -2.09. The van der Waals surface area contributed by atoms with Crippen molar-refractivity contribution < 1.29 is 32.9 Å². The van der Waals surface area contributed by atoms with Gasteiger partial charge in [-0.2, -0.15) is 0 Å². The molecule has 3 aromatic carbocycles. The average molecular weight is 434 g/mol. The molecule has 0 fully saturated rings. The van der Waals surface area contributed by atoms with Crippen molar-refractivity contribution in [1.29, 1.82) is 0 Å². The number of esters is 1. The van der Waals surface area contributed by atoms with Crippen LogP contribution >= 0.6 is 0 Å². The van der Waals surface area contributed by atoms with Gasteiger partial charge < -0.3 is 18.9 Å². The van der Waals surface area contributed by atoms with Crippen molar-refractivity contribution in [2.24, 2.45) is 0 Å². The van der Waals surface area contributed by atoms with Gasteiger partial charge in [0.05, 0.1) is 25.3 Å². The third-order valence-electron chi connectivity index (χ3n) is 5.04. The molecule has 1 aliphatic rings. The third-order valence-corrected chi connectivity index (χ3v) is 5.04. The molecule has 1 aliphatic heterocycles. The molecule has 0 bridgehead atoms. The summed E-state index contributed by atoms with van der Waals surface area (Å²) in [6.07, 6.45) is 1.58. The van der Waals surface area contributed by atoms with Crippen molar-refractivity contribution in [3.63, 3.8) is 0 Å². The number of fused-ring (bicyclic) bond motifs is 1. The number of ether oxygens (including phenoxy) is 4. The van der Waals surface area contributed by atoms with Crippen LogP contribution < -0.4 is 18.9 Å². The molecular weight excluding hydrogens is 415 g/mol. The van der Waals surface area contributed by atoms with Crippen LogP contribution in [0.25, 0.3) is 6.08 Å². The van der Waals surface area contributed by atoms with Gasteiger partial charge in [0.1, 0.15) is 17.3 Å². The van der Waals surface area contributed by atoms with Gasteiger partial charge in [-0.1, -0.05) is 12.1 Å². The minimum absolute atomic E-state index is 0.108. The number of carbonyl (C=O) groups excluding carboxylic acids is 2. The Kier molecular flexibility index (Phi) is 5.64. The molecule has 6 nitrogen and oxygen atoms in total. The summed E-state index contributed by atoms with van der Waals surface area (Å²) in [6, 6.07) is 13.4. The molecule has 7 heteroatoms. The Morgan fingerprint density at radius 3 is 2.41 bits per heavy atom. The monoisotopic (exact) mass is 434 g/mol. The summed E-state index contributed by atoms with van der Waals surface area (Å²) in [5.74, 6) is 0.263. The first-order chi connectivity index (χ1) is 15.4. The highest BCUT2D eigenvalue weighted by Crippen LogP contribution is 2.40. The Morgan fingerprint density at radius 2 is 1.72 bits per heavy atom. The van der Waals surface area contributed by atoms with E-state index in [1.165, 1.54) is 44.6 Å². The molecule has 4 rings (SSSR count). The number of hydrogen-bond acceptors (Lipinski definition) is 6. The average Bonchev–Trinajstić information content (AvgIpc) is 3.11. The molecule has 0 saturated carbocycles. The topological polar surface area (TPSA) is 71.1 Å². The van der Waals surface area contributed by atoms with Crippen LogP contribution in [0.1, 0.15) is 31.8 Å². The van der Waals surface area contributed by atoms with Gasteiger partial charge in [-0.25, -0.2) is 9.18 Å². The van der Waals surface area contributed by atoms with Crippen molar-refractivity contribution in [3.05, 3.63) is 88.4 Å². The lowest BCUT2D eigenvalue weighted by atomic mass is 10.1. The second kappa shape index (κ2) is 8.55. The van der Waals surface area contributed by atoms with Crippen molar-refractivity contribution in [1.82, 2.24) is 0 Å². The number of carbonyl (C=O) groups is 2. The zero-order valence-electron chi connectivity index (χ0n) is 17.6. The molecule has 32 heavy (non-hydrogen) atoms. The largest absolute Gasteiger partial charge is 0.493 e. The van der Waals surface area contributed by atoms with Gasteiger partial charge in [0, 0.05) is 11.1 Å². The second-order valence-electron chi connectivity index (χ2n) is 6.98. The van der Waals surface area contributed by atoms with Crippen LogP contribution in [0.15, 0.2) is 60.4 Å². The predicted molar refractivity (Wildman–Crippen MR) is 115 cm³/mol. The van der Waals surface area contributed by atoms with Gasteiger partial charge in [0.2, 0.25) is 5.78 Å². The van der Waals surface area contributed by atoms with Gasteiger partial charge in [-0.15, -0.1) is 0 Å². The van der Waals surface area contributed by atoms with Crippen LogP contribution in [0.2, 0.25) is 0 Å². The van der Waals surface area contributed by atoms with E-state index in [1.54, 1.807) is 37.3 Å². The molecule has 0 aliphatic carbocycles. The fourth-order valence-electron chi connectivity index (χ4n) is 3.39. The maximum absolute atomic E-state index is 13.1. The lowest BCUT2D eigenvalue weighted by Gasteiger charge is -2.11. The number of benzene rings is 3. The third kappa shape index (κ3) is 3.80. The van der Waals surface area contributed by atoms with Gasteiger partial charge >= 0.3 is 5.97 Å². The molecule has 0 unspecified atom stereocenters. The van der Waals surface area contributed by atoms with Gasteiger partial charge in [0.15, 0.2) is 17.3 Å². The van der Waals surface area contributed by atoms with E-state index in [-0.39, 0.29) is 22.9 Å². The molecule has 0 amide bonds. The Hall–Kier alpha value is -4.13. The number of halogens is 1. The van der Waals surface area contributed by atoms with Crippen LogP contribution in [-0.2, 0) is 0 Å². The van der Waals surface area contributed by atoms with E-state index in [9.17, 15) is 14.0 Å². The molecule has 0 radical (unpaired) electrons. The van der Waals surface area contributed by atoms with Gasteiger partial charge in [0.25, 0.3) is 0 Å². The molecular formula is C25H19FO6. The summed E-state index contributed by atoms with van der Waals surface area (Å²) in [6.45, 7) is 1.69. The normalized spacial score (nSPS) is 13.5. The molecule has 0 spiro atoms. The van der Waals surface area contributed by atoms with Crippen LogP contribution in [0, 0.1) is 12.7 Å². The minimum atomic E-state index is -0.644. The van der Waals surface area contributed by atoms with E-state index in [4.69, 9.17) is 18.9 Å². The Balaban J connectivity index is 1.63. The summed E-state index contributed by atoms with van der Waals surface area (Å²) in [4.78, 5) is 25.3. The van der Waals surface area contributed by atoms with E-state index in [1.807, 2.05) is 0 Å². The van der Waals surface area contributed by atoms with Crippen LogP contribution in [-0.4, -0.2) is 26.0 Å². The highest BCUT2D eigenvalue weighted by molar-refractivity contribution is 6.15. The van der Waals surface area contributed by atoms with E-state index in [0.29, 0.717) is 33.9 Å². The number of rotatable bonds is 5. The maximum atomic E-state index is 13.1. The molecule has 0 aromatic heterocycles. The fourth-order valence-corrected chi connectivity index (χ4v) is 3.39. The number of allylic oxidation sites excluding steroid dienone is 1. The van der Waals surface area contributed by atoms with Gasteiger partial charge in [-0.3, -0.25) is 4.79 Å². The molecule has 0 atom stereocenters. The van der Waals surface area contributed by atoms with Crippen molar-refractivity contribution in [2.75, 3.05) is 14.2 Å². The molecule has 1 heterocycles. The lowest BCUT2D eigenvalue weighted by molar-refractivity contribution is 0.0733. The highest BCUT2D eigenvalue weighted by atomic mass is 19.1. The van der Waals surface area contributed by atoms with E-state index < -0.39 is 11.8 Å². The predicted octanol–water partition coefficient (Wildman–Crippen LogP) is 4.99. The summed E-state index contributed by atoms with van der Waals surface area (Å²) in [5, 5.41) is 0. The van der Waals surface area contributed by atoms with Crippen molar-refractivity contribution >= 4 is 17.8 Å². The van der Waals surface area contributed by atoms with E-state index >= 15 is 0 Å². The Morgan fingerprint density at radius 1 is 0.969 bits per heavy atom. The van der Waals surface area contributed by atoms with Crippen LogP contribution in [0.3, 0.4) is 0 Å².